The van der Waals surface area contributed by atoms with E-state index in [0.717, 1.165) is 15.9 Å². The summed E-state index contributed by atoms with van der Waals surface area (Å²) in [7, 11) is 1.50. The molecule has 0 radical (unpaired) electrons. The second-order valence-corrected chi connectivity index (χ2v) is 9.95. The predicted molar refractivity (Wildman–Crippen MR) is 120 cm³/mol. The van der Waals surface area contributed by atoms with Crippen LogP contribution in [0.4, 0.5) is 17.5 Å². The molecule has 170 valence electrons. The Morgan fingerprint density at radius 2 is 1.93 bits per heavy atom. The van der Waals surface area contributed by atoms with Gasteiger partial charge in [-0.3, -0.25) is 9.38 Å². The maximum absolute atomic E-state index is 14.4. The third kappa shape index (κ3) is 6.54. The molecule has 0 bridgehead atoms. The van der Waals surface area contributed by atoms with E-state index >= 15 is 0 Å². The molecule has 1 aliphatic heterocycles. The summed E-state index contributed by atoms with van der Waals surface area (Å²) in [5.41, 5.74) is -0.305. The number of fused-ring (bicyclic) bond motifs is 1. The first-order valence-electron chi connectivity index (χ1n) is 8.96. The van der Waals surface area contributed by atoms with Gasteiger partial charge in [-0.1, -0.05) is 34.6 Å². The van der Waals surface area contributed by atoms with Crippen molar-refractivity contribution in [2.45, 2.75) is 44.6 Å². The number of amides is 1. The number of hydrogen-bond acceptors (Lipinski definition) is 6. The Kier molecular flexibility index (Phi) is 10.5. The van der Waals surface area contributed by atoms with Crippen molar-refractivity contribution in [1.82, 2.24) is 4.31 Å². The highest BCUT2D eigenvalue weighted by atomic mass is 79.9. The van der Waals surface area contributed by atoms with Crippen LogP contribution in [0.25, 0.3) is 0 Å². The van der Waals surface area contributed by atoms with Crippen LogP contribution in [0.2, 0.25) is 0 Å². The van der Waals surface area contributed by atoms with E-state index in [1.807, 2.05) is 0 Å². The molecule has 1 fully saturated rings. The van der Waals surface area contributed by atoms with Crippen molar-refractivity contribution in [3.63, 3.8) is 0 Å². The average Bonchev–Trinajstić information content (AvgIpc) is 3.35. The van der Waals surface area contributed by atoms with Gasteiger partial charge in [0.25, 0.3) is 0 Å². The summed E-state index contributed by atoms with van der Waals surface area (Å²) in [6.45, 7) is 7.19. The number of thioether (sulfide) groups is 1. The predicted octanol–water partition coefficient (Wildman–Crippen LogP) is 6.33. The summed E-state index contributed by atoms with van der Waals surface area (Å²) in [6, 6.07) is 4.24. The molecule has 2 aliphatic rings. The largest absolute Gasteiger partial charge is 0.443 e. The number of aliphatic imine (C=N–C) groups is 1. The average molecular weight is 531 g/mol. The lowest BCUT2D eigenvalue weighted by Gasteiger charge is -2.27. The number of alkyl halides is 1. The summed E-state index contributed by atoms with van der Waals surface area (Å²) >= 11 is 4.46. The van der Waals surface area contributed by atoms with Gasteiger partial charge >= 0.3 is 6.09 Å². The number of benzene rings is 1. The van der Waals surface area contributed by atoms with Crippen molar-refractivity contribution in [3.05, 3.63) is 34.1 Å². The standard InChI is InChI=1S/C17H19BrF2N2O2S2.CH3F.CH4O/c1-8-12-13(10-7-9(18)5-6-11(10)19)21-15(25-14(8)12)22(26-20)16(23)24-17(2,3)4;2*1-2/h5-8,12-14H,1-4H3;1H3;2H,1H3. The number of ether oxygens (including phenoxy) is 1. The Labute approximate surface area is 192 Å². The molecule has 11 heteroatoms. The SMILES string of the molecule is CC1C2SC(N(SF)C(=O)OC(C)(C)C)=NC(c3cc(Br)ccc3F)C12.CF.CO. The molecule has 4 atom stereocenters. The smallest absolute Gasteiger partial charge is 0.428 e. The zero-order valence-corrected chi connectivity index (χ0v) is 20.7. The number of hydrogen-bond donors (Lipinski definition) is 1. The molecule has 1 amide bonds. The highest BCUT2D eigenvalue weighted by molar-refractivity contribution is 9.10. The molecule has 4 unspecified atom stereocenters. The fraction of sp³-hybridized carbons (Fsp3) is 0.579. The minimum Gasteiger partial charge on any atom is -0.443 e. The summed E-state index contributed by atoms with van der Waals surface area (Å²) < 4.78 is 44.2. The normalized spacial score (nSPS) is 24.2. The number of rotatable bonds is 2. The van der Waals surface area contributed by atoms with Crippen LogP contribution in [-0.4, -0.2) is 45.8 Å². The molecular weight excluding hydrogens is 505 g/mol. The number of nitrogens with zero attached hydrogens (tertiary/aromatic N) is 2. The van der Waals surface area contributed by atoms with Crippen molar-refractivity contribution < 1.29 is 27.3 Å². The molecular formula is C19H26BrF3N2O3S2. The topological polar surface area (TPSA) is 62.1 Å². The summed E-state index contributed by atoms with van der Waals surface area (Å²) in [4.78, 5) is 16.9. The van der Waals surface area contributed by atoms with Crippen molar-refractivity contribution in [3.8, 4) is 0 Å². The first-order valence-corrected chi connectivity index (χ1v) is 11.3. The summed E-state index contributed by atoms with van der Waals surface area (Å²) in [5, 5.41) is 7.38. The van der Waals surface area contributed by atoms with Gasteiger partial charge in [0.15, 0.2) is 17.5 Å². The molecule has 1 heterocycles. The Morgan fingerprint density at radius 3 is 2.47 bits per heavy atom. The van der Waals surface area contributed by atoms with Crippen molar-refractivity contribution in [1.29, 1.82) is 0 Å². The lowest BCUT2D eigenvalue weighted by Crippen LogP contribution is -2.36. The molecule has 0 spiro atoms. The first-order chi connectivity index (χ1) is 14.1. The van der Waals surface area contributed by atoms with Gasteiger partial charge < -0.3 is 9.84 Å². The second-order valence-electron chi connectivity index (χ2n) is 7.39. The third-order valence-corrected chi connectivity index (χ3v) is 6.88. The monoisotopic (exact) mass is 530 g/mol. The minimum absolute atomic E-state index is 0.164. The summed E-state index contributed by atoms with van der Waals surface area (Å²) in [6.07, 6.45) is -0.823. The number of carbonyl (C=O) groups excluding carboxylic acids is 1. The zero-order chi connectivity index (χ0) is 23.2. The molecule has 30 heavy (non-hydrogen) atoms. The van der Waals surface area contributed by atoms with Gasteiger partial charge in [-0.25, -0.2) is 9.18 Å². The molecule has 1 aliphatic carbocycles. The van der Waals surface area contributed by atoms with Gasteiger partial charge in [0.1, 0.15) is 11.4 Å². The van der Waals surface area contributed by atoms with Gasteiger partial charge in [-0.2, -0.15) is 4.31 Å². The van der Waals surface area contributed by atoms with Crippen LogP contribution in [0.5, 0.6) is 0 Å². The lowest BCUT2D eigenvalue weighted by atomic mass is 10.0. The molecule has 1 N–H and O–H groups in total. The number of aliphatic hydroxyl groups excluding tert-OH is 1. The molecule has 5 nitrogen and oxygen atoms in total. The fourth-order valence-electron chi connectivity index (χ4n) is 3.02. The van der Waals surface area contributed by atoms with Crippen molar-refractivity contribution in [2.75, 3.05) is 14.3 Å². The van der Waals surface area contributed by atoms with Gasteiger partial charge in [0.2, 0.25) is 0 Å². The van der Waals surface area contributed by atoms with E-state index in [0.29, 0.717) is 18.7 Å². The number of carbonyl (C=O) groups is 1. The van der Waals surface area contributed by atoms with E-state index in [4.69, 9.17) is 9.84 Å². The van der Waals surface area contributed by atoms with E-state index < -0.39 is 17.7 Å². The maximum atomic E-state index is 14.4. The molecule has 1 aromatic carbocycles. The maximum Gasteiger partial charge on any atom is 0.428 e. The molecule has 0 saturated heterocycles. The third-order valence-electron chi connectivity index (χ3n) is 4.30. The fourth-order valence-corrected chi connectivity index (χ4v) is 5.26. The highest BCUT2D eigenvalue weighted by Crippen LogP contribution is 2.60. The minimum atomic E-state index is -0.823. The van der Waals surface area contributed by atoms with Crippen LogP contribution in [0.3, 0.4) is 0 Å². The Balaban J connectivity index is 0.00000106. The zero-order valence-electron chi connectivity index (χ0n) is 17.5. The highest BCUT2D eigenvalue weighted by Gasteiger charge is 2.57. The molecule has 1 saturated carbocycles. The number of amidine groups is 1. The van der Waals surface area contributed by atoms with Crippen LogP contribution >= 0.6 is 40.0 Å². The van der Waals surface area contributed by atoms with E-state index in [-0.39, 0.29) is 34.5 Å². The van der Waals surface area contributed by atoms with Crippen LogP contribution in [0.1, 0.15) is 39.3 Å². The van der Waals surface area contributed by atoms with E-state index in [9.17, 15) is 17.5 Å². The number of halogens is 4. The molecule has 3 rings (SSSR count). The van der Waals surface area contributed by atoms with Crippen LogP contribution in [-0.2, 0) is 4.74 Å². The first kappa shape index (κ1) is 27.1. The van der Waals surface area contributed by atoms with Crippen LogP contribution < -0.4 is 0 Å². The second kappa shape index (κ2) is 11.6. The van der Waals surface area contributed by atoms with E-state index in [2.05, 4.69) is 27.8 Å². The van der Waals surface area contributed by atoms with E-state index in [1.165, 1.54) is 17.8 Å². The van der Waals surface area contributed by atoms with Gasteiger partial charge in [-0.05, 0) is 44.9 Å². The van der Waals surface area contributed by atoms with Crippen molar-refractivity contribution >= 4 is 51.3 Å². The van der Waals surface area contributed by atoms with Gasteiger partial charge in [0.05, 0.1) is 13.2 Å². The van der Waals surface area contributed by atoms with Gasteiger partial charge in [0, 0.05) is 28.3 Å². The van der Waals surface area contributed by atoms with Crippen molar-refractivity contribution in [2.24, 2.45) is 16.8 Å². The van der Waals surface area contributed by atoms with Crippen LogP contribution in [0, 0.1) is 17.7 Å². The quantitative estimate of drug-likeness (QED) is 0.452. The Bertz CT molecular complexity index is 765. The van der Waals surface area contributed by atoms with Crippen LogP contribution in [0.15, 0.2) is 27.7 Å². The molecule has 1 aromatic rings. The molecule has 0 aromatic heterocycles. The van der Waals surface area contributed by atoms with E-state index in [1.54, 1.807) is 32.9 Å². The lowest BCUT2D eigenvalue weighted by molar-refractivity contribution is 0.0473. The van der Waals surface area contributed by atoms with Gasteiger partial charge in [-0.15, -0.1) is 3.89 Å². The summed E-state index contributed by atoms with van der Waals surface area (Å²) in [5.74, 6) is 0.107. The number of aliphatic hydroxyl groups is 1. The Morgan fingerprint density at radius 1 is 1.33 bits per heavy atom. The Hall–Kier alpha value is -0.910.